The van der Waals surface area contributed by atoms with Crippen LogP contribution in [-0.4, -0.2) is 23.5 Å². The van der Waals surface area contributed by atoms with Crippen LogP contribution in [0.3, 0.4) is 0 Å². The number of nitrogens with one attached hydrogen (secondary N) is 1. The van der Waals surface area contributed by atoms with E-state index in [4.69, 9.17) is 10.5 Å². The van der Waals surface area contributed by atoms with Gasteiger partial charge in [-0.3, -0.25) is 4.79 Å². The Labute approximate surface area is 119 Å². The van der Waals surface area contributed by atoms with Crippen LogP contribution < -0.4 is 15.8 Å². The molecule has 0 bridgehead atoms. The fourth-order valence-electron chi connectivity index (χ4n) is 1.70. The van der Waals surface area contributed by atoms with Gasteiger partial charge in [-0.15, -0.1) is 0 Å². The number of carbonyl (C=O) groups is 1. The third-order valence-electron chi connectivity index (χ3n) is 3.45. The molecule has 1 saturated carbocycles. The first-order valence-corrected chi connectivity index (χ1v) is 7.17. The topological polar surface area (TPSA) is 77.2 Å². The second-order valence-electron chi connectivity index (χ2n) is 5.75. The van der Waals surface area contributed by atoms with Crippen LogP contribution in [0, 0.1) is 11.8 Å². The maximum atomic E-state index is 11.7. The Hall–Kier alpha value is -1.62. The maximum absolute atomic E-state index is 11.7. The molecule has 1 atom stereocenters. The molecule has 1 fully saturated rings. The Morgan fingerprint density at radius 2 is 2.25 bits per heavy atom. The summed E-state index contributed by atoms with van der Waals surface area (Å²) in [6.45, 7) is 5.05. The Balaban J connectivity index is 1.76. The Morgan fingerprint density at radius 3 is 2.80 bits per heavy atom. The minimum absolute atomic E-state index is 0.131. The molecular weight excluding hydrogens is 254 g/mol. The molecule has 0 radical (unpaired) electrons. The number of hydrogen-bond donors (Lipinski definition) is 2. The van der Waals surface area contributed by atoms with Crippen LogP contribution in [0.15, 0.2) is 18.3 Å². The number of rotatable bonds is 7. The molecule has 0 aromatic carbocycles. The van der Waals surface area contributed by atoms with Crippen molar-refractivity contribution in [2.24, 2.45) is 17.6 Å². The van der Waals surface area contributed by atoms with Gasteiger partial charge in [0.25, 0.3) is 0 Å². The summed E-state index contributed by atoms with van der Waals surface area (Å²) in [5.74, 6) is 1.36. The van der Waals surface area contributed by atoms with Crippen molar-refractivity contribution in [3.05, 3.63) is 23.9 Å². The minimum Gasteiger partial charge on any atom is -0.477 e. The van der Waals surface area contributed by atoms with Crippen molar-refractivity contribution in [1.82, 2.24) is 10.3 Å². The third kappa shape index (κ3) is 4.49. The lowest BCUT2D eigenvalue weighted by atomic mass is 10.1. The monoisotopic (exact) mass is 277 g/mol. The van der Waals surface area contributed by atoms with Crippen molar-refractivity contribution in [3.8, 4) is 5.88 Å². The van der Waals surface area contributed by atoms with Crippen molar-refractivity contribution in [2.45, 2.75) is 39.3 Å². The van der Waals surface area contributed by atoms with Crippen molar-refractivity contribution in [2.75, 3.05) is 6.61 Å². The molecule has 0 unspecified atom stereocenters. The van der Waals surface area contributed by atoms with Crippen molar-refractivity contribution in [1.29, 1.82) is 0 Å². The van der Waals surface area contributed by atoms with Crippen LogP contribution in [0.5, 0.6) is 5.88 Å². The van der Waals surface area contributed by atoms with E-state index in [2.05, 4.69) is 10.3 Å². The minimum atomic E-state index is -0.468. The molecule has 0 aliphatic heterocycles. The fraction of sp³-hybridized carbons (Fsp3) is 0.600. The van der Waals surface area contributed by atoms with E-state index in [1.807, 2.05) is 26.0 Å². The first-order chi connectivity index (χ1) is 9.56. The second-order valence-corrected chi connectivity index (χ2v) is 5.75. The summed E-state index contributed by atoms with van der Waals surface area (Å²) in [4.78, 5) is 16.0. The van der Waals surface area contributed by atoms with Crippen LogP contribution in [0.4, 0.5) is 0 Å². The van der Waals surface area contributed by atoms with Gasteiger partial charge >= 0.3 is 0 Å². The molecule has 1 aromatic heterocycles. The van der Waals surface area contributed by atoms with Crippen LogP contribution in [0.1, 0.15) is 32.3 Å². The average molecular weight is 277 g/mol. The average Bonchev–Trinajstić information content (AvgIpc) is 3.26. The highest BCUT2D eigenvalue weighted by Crippen LogP contribution is 2.29. The molecule has 20 heavy (non-hydrogen) atoms. The van der Waals surface area contributed by atoms with Crippen LogP contribution in [-0.2, 0) is 11.3 Å². The predicted octanol–water partition coefficient (Wildman–Crippen LogP) is 1.47. The number of aromatic nitrogens is 1. The Kier molecular flexibility index (Phi) is 4.95. The van der Waals surface area contributed by atoms with Gasteiger partial charge < -0.3 is 15.8 Å². The molecule has 1 aliphatic carbocycles. The molecule has 1 aliphatic rings. The molecule has 5 heteroatoms. The van der Waals surface area contributed by atoms with E-state index in [0.717, 1.165) is 12.2 Å². The van der Waals surface area contributed by atoms with Gasteiger partial charge in [-0.2, -0.15) is 0 Å². The lowest BCUT2D eigenvalue weighted by molar-refractivity contribution is -0.123. The van der Waals surface area contributed by atoms with Crippen molar-refractivity contribution in [3.63, 3.8) is 0 Å². The molecule has 3 N–H and O–H groups in total. The highest BCUT2D eigenvalue weighted by molar-refractivity contribution is 5.81. The summed E-state index contributed by atoms with van der Waals surface area (Å²) in [7, 11) is 0. The lowest BCUT2D eigenvalue weighted by Gasteiger charge is -2.15. The summed E-state index contributed by atoms with van der Waals surface area (Å²) in [6, 6.07) is 3.28. The standard InChI is InChI=1S/C15H23N3O2/c1-10(2)14(16)15(19)18-8-12-5-6-13(17-7-12)20-9-11-3-4-11/h5-7,10-11,14H,3-4,8-9,16H2,1-2H3,(H,18,19)/t14-/m0/s1. The Bertz CT molecular complexity index is 441. The number of ether oxygens (including phenoxy) is 1. The number of amides is 1. The predicted molar refractivity (Wildman–Crippen MR) is 77.1 cm³/mol. The summed E-state index contributed by atoms with van der Waals surface area (Å²) >= 11 is 0. The summed E-state index contributed by atoms with van der Waals surface area (Å²) < 4.78 is 5.56. The fourth-order valence-corrected chi connectivity index (χ4v) is 1.70. The molecule has 1 amide bonds. The molecule has 110 valence electrons. The normalized spacial score (nSPS) is 16.0. The number of carbonyl (C=O) groups excluding carboxylic acids is 1. The number of hydrogen-bond acceptors (Lipinski definition) is 4. The number of pyridine rings is 1. The van der Waals surface area contributed by atoms with Crippen LogP contribution >= 0.6 is 0 Å². The maximum Gasteiger partial charge on any atom is 0.237 e. The van der Waals surface area contributed by atoms with E-state index >= 15 is 0 Å². The smallest absolute Gasteiger partial charge is 0.237 e. The largest absolute Gasteiger partial charge is 0.477 e. The van der Waals surface area contributed by atoms with Crippen molar-refractivity contribution < 1.29 is 9.53 Å². The van der Waals surface area contributed by atoms with Gasteiger partial charge in [0.1, 0.15) is 0 Å². The molecule has 1 aromatic rings. The van der Waals surface area contributed by atoms with E-state index in [9.17, 15) is 4.79 Å². The number of nitrogens with zero attached hydrogens (tertiary/aromatic N) is 1. The zero-order valence-corrected chi connectivity index (χ0v) is 12.1. The quantitative estimate of drug-likeness (QED) is 0.791. The third-order valence-corrected chi connectivity index (χ3v) is 3.45. The SMILES string of the molecule is CC(C)[C@H](N)C(=O)NCc1ccc(OCC2CC2)nc1. The molecule has 1 heterocycles. The van der Waals surface area contributed by atoms with Gasteiger partial charge in [-0.25, -0.2) is 4.98 Å². The summed E-state index contributed by atoms with van der Waals surface area (Å²) in [5, 5.41) is 2.81. The van der Waals surface area contributed by atoms with Gasteiger partial charge in [-0.05, 0) is 30.2 Å². The van der Waals surface area contributed by atoms with E-state index < -0.39 is 6.04 Å². The molecule has 0 saturated heterocycles. The molecule has 0 spiro atoms. The summed E-state index contributed by atoms with van der Waals surface area (Å²) in [5.41, 5.74) is 6.71. The molecule has 2 rings (SSSR count). The van der Waals surface area contributed by atoms with Crippen molar-refractivity contribution >= 4 is 5.91 Å². The highest BCUT2D eigenvalue weighted by Gasteiger charge is 2.22. The van der Waals surface area contributed by atoms with E-state index in [0.29, 0.717) is 18.3 Å². The van der Waals surface area contributed by atoms with E-state index in [1.54, 1.807) is 6.20 Å². The van der Waals surface area contributed by atoms with Gasteiger partial charge in [-0.1, -0.05) is 19.9 Å². The van der Waals surface area contributed by atoms with Gasteiger partial charge in [0, 0.05) is 18.8 Å². The second kappa shape index (κ2) is 6.70. The summed E-state index contributed by atoms with van der Waals surface area (Å²) in [6.07, 6.45) is 4.25. The first-order valence-electron chi connectivity index (χ1n) is 7.17. The first kappa shape index (κ1) is 14.8. The lowest BCUT2D eigenvalue weighted by Crippen LogP contribution is -2.43. The van der Waals surface area contributed by atoms with Gasteiger partial charge in [0.15, 0.2) is 0 Å². The highest BCUT2D eigenvalue weighted by atomic mass is 16.5. The van der Waals surface area contributed by atoms with E-state index in [1.165, 1.54) is 12.8 Å². The van der Waals surface area contributed by atoms with Crippen LogP contribution in [0.25, 0.3) is 0 Å². The molecular formula is C15H23N3O2. The van der Waals surface area contributed by atoms with Gasteiger partial charge in [0.2, 0.25) is 11.8 Å². The van der Waals surface area contributed by atoms with Crippen LogP contribution in [0.2, 0.25) is 0 Å². The van der Waals surface area contributed by atoms with E-state index in [-0.39, 0.29) is 11.8 Å². The Morgan fingerprint density at radius 1 is 1.50 bits per heavy atom. The zero-order chi connectivity index (χ0) is 14.5. The van der Waals surface area contributed by atoms with Gasteiger partial charge in [0.05, 0.1) is 12.6 Å². The zero-order valence-electron chi connectivity index (χ0n) is 12.1. The molecule has 5 nitrogen and oxygen atoms in total. The number of nitrogens with two attached hydrogens (primary N) is 1.